The zero-order valence-electron chi connectivity index (χ0n) is 25.3. The first-order chi connectivity index (χ1) is 22.6. The van der Waals surface area contributed by atoms with Crippen molar-refractivity contribution in [2.45, 2.75) is 44.4 Å². The van der Waals surface area contributed by atoms with Crippen molar-refractivity contribution in [2.75, 3.05) is 13.1 Å². The third kappa shape index (κ3) is 5.43. The summed E-state index contributed by atoms with van der Waals surface area (Å²) in [6.07, 6.45) is 5.33. The summed E-state index contributed by atoms with van der Waals surface area (Å²) in [6.45, 7) is 1.80. The van der Waals surface area contributed by atoms with Gasteiger partial charge in [-0.1, -0.05) is 60.7 Å². The maximum Gasteiger partial charge on any atom is 0.410 e. The van der Waals surface area contributed by atoms with Gasteiger partial charge in [0.1, 0.15) is 18.3 Å². The molecule has 0 saturated carbocycles. The van der Waals surface area contributed by atoms with Crippen molar-refractivity contribution in [2.24, 2.45) is 0 Å². The van der Waals surface area contributed by atoms with Gasteiger partial charge in [0.2, 0.25) is 0 Å². The Balaban J connectivity index is 1.02. The highest BCUT2D eigenvalue weighted by Crippen LogP contribution is 2.33. The molecule has 2 saturated heterocycles. The van der Waals surface area contributed by atoms with E-state index in [0.29, 0.717) is 35.7 Å². The minimum Gasteiger partial charge on any atom is -0.445 e. The highest BCUT2D eigenvalue weighted by atomic mass is 16.6. The number of hydrogen-bond donors (Lipinski definition) is 3. The Kier molecular flexibility index (Phi) is 7.30. The Morgan fingerprint density at radius 2 is 1.63 bits per heavy atom. The first kappa shape index (κ1) is 28.2. The fourth-order valence-corrected chi connectivity index (χ4v) is 6.74. The Labute approximate surface area is 265 Å². The molecule has 1 amide bonds. The number of carbonyl (C=O) groups is 1. The minimum absolute atomic E-state index is 0.201. The van der Waals surface area contributed by atoms with Crippen LogP contribution in [0.25, 0.3) is 44.1 Å². The Morgan fingerprint density at radius 3 is 2.46 bits per heavy atom. The summed E-state index contributed by atoms with van der Waals surface area (Å²) in [4.78, 5) is 43.9. The average molecular weight is 611 g/mol. The smallest absolute Gasteiger partial charge is 0.410 e. The molecule has 230 valence electrons. The molecule has 9 nitrogen and oxygen atoms in total. The van der Waals surface area contributed by atoms with Gasteiger partial charge in [0.15, 0.2) is 0 Å². The minimum atomic E-state index is -0.399. The lowest BCUT2D eigenvalue weighted by Crippen LogP contribution is -2.32. The molecule has 0 radical (unpaired) electrons. The van der Waals surface area contributed by atoms with Crippen LogP contribution in [-0.4, -0.2) is 44.0 Å². The number of imidazole rings is 1. The van der Waals surface area contributed by atoms with Gasteiger partial charge in [0, 0.05) is 12.1 Å². The lowest BCUT2D eigenvalue weighted by atomic mass is 9.98. The van der Waals surface area contributed by atoms with Crippen molar-refractivity contribution in [3.63, 3.8) is 0 Å². The van der Waals surface area contributed by atoms with Crippen LogP contribution in [0.15, 0.2) is 95.9 Å². The maximum atomic E-state index is 13.4. The summed E-state index contributed by atoms with van der Waals surface area (Å²) in [7, 11) is 0. The summed E-state index contributed by atoms with van der Waals surface area (Å²) in [5.74, 6) is 1.49. The van der Waals surface area contributed by atoms with Crippen LogP contribution in [0.3, 0.4) is 0 Å². The summed E-state index contributed by atoms with van der Waals surface area (Å²) >= 11 is 0. The number of rotatable bonds is 6. The van der Waals surface area contributed by atoms with Crippen molar-refractivity contribution in [3.8, 4) is 22.4 Å². The van der Waals surface area contributed by atoms with Crippen molar-refractivity contribution in [3.05, 3.63) is 119 Å². The number of nitrogens with one attached hydrogen (secondary N) is 3. The van der Waals surface area contributed by atoms with Crippen LogP contribution in [-0.2, 0) is 11.3 Å². The van der Waals surface area contributed by atoms with Crippen LogP contribution in [0.4, 0.5) is 4.79 Å². The van der Waals surface area contributed by atoms with Crippen LogP contribution in [0, 0.1) is 0 Å². The van der Waals surface area contributed by atoms with E-state index in [1.165, 1.54) is 6.42 Å². The number of likely N-dealkylation sites (tertiary alicyclic amines) is 1. The molecule has 0 spiro atoms. The molecule has 46 heavy (non-hydrogen) atoms. The monoisotopic (exact) mass is 610 g/mol. The largest absolute Gasteiger partial charge is 0.445 e. The highest BCUT2D eigenvalue weighted by Gasteiger charge is 2.33. The molecule has 2 aliphatic heterocycles. The van der Waals surface area contributed by atoms with E-state index in [4.69, 9.17) is 9.72 Å². The van der Waals surface area contributed by atoms with Gasteiger partial charge in [0.05, 0.1) is 34.9 Å². The van der Waals surface area contributed by atoms with E-state index < -0.39 is 6.09 Å². The molecule has 6 aromatic rings. The molecule has 8 rings (SSSR count). The molecule has 4 aromatic carbocycles. The third-order valence-electron chi connectivity index (χ3n) is 9.20. The molecule has 9 heteroatoms. The van der Waals surface area contributed by atoms with Gasteiger partial charge in [-0.2, -0.15) is 0 Å². The Bertz CT molecular complexity index is 2120. The van der Waals surface area contributed by atoms with Crippen LogP contribution in [0.5, 0.6) is 0 Å². The fourth-order valence-electron chi connectivity index (χ4n) is 6.74. The Morgan fingerprint density at radius 1 is 0.848 bits per heavy atom. The summed E-state index contributed by atoms with van der Waals surface area (Å²) in [6, 6.07) is 28.1. The maximum absolute atomic E-state index is 13.4. The average Bonchev–Trinajstić information content (AvgIpc) is 3.90. The quantitative estimate of drug-likeness (QED) is 0.186. The summed E-state index contributed by atoms with van der Waals surface area (Å²) < 4.78 is 5.59. The second-order valence-electron chi connectivity index (χ2n) is 12.2. The zero-order chi connectivity index (χ0) is 31.0. The number of aromatic nitrogens is 4. The van der Waals surface area contributed by atoms with E-state index >= 15 is 0 Å². The van der Waals surface area contributed by atoms with Crippen molar-refractivity contribution in [1.82, 2.24) is 30.2 Å². The van der Waals surface area contributed by atoms with E-state index in [-0.39, 0.29) is 18.2 Å². The normalized spacial score (nSPS) is 18.0. The molecule has 3 N–H and O–H groups in total. The number of fused-ring (bicyclic) bond motifs is 2. The molecular formula is C37H34N6O3. The summed E-state index contributed by atoms with van der Waals surface area (Å²) in [5.41, 5.74) is 5.38. The fraction of sp³-hybridized carbons (Fsp3) is 0.243. The first-order valence-electron chi connectivity index (χ1n) is 15.9. The lowest BCUT2D eigenvalue weighted by molar-refractivity contribution is 0.0908. The van der Waals surface area contributed by atoms with Crippen LogP contribution < -0.4 is 10.9 Å². The van der Waals surface area contributed by atoms with Crippen molar-refractivity contribution >= 4 is 27.8 Å². The van der Waals surface area contributed by atoms with E-state index in [9.17, 15) is 9.59 Å². The number of nitrogens with zero attached hydrogens (tertiary/aromatic N) is 3. The molecule has 2 aliphatic rings. The molecule has 2 fully saturated rings. The van der Waals surface area contributed by atoms with Gasteiger partial charge in [-0.3, -0.25) is 9.69 Å². The molecule has 0 aliphatic carbocycles. The standard InChI is InChI=1S/C37H34N6O3/c44-36-29-20-27(25-10-11-26-19-28(13-12-24(26)18-25)32-21-39-34(41-32)31-8-4-16-38-31)14-15-30(29)40-35(42-36)33-9-5-17-43(33)37(45)46-22-23-6-2-1-3-7-23/h1-3,6-7,10-15,18-21,31,33,38H,4-5,8-9,16-17,22H2,(H,39,41)(H,40,42,44)/t31-,33-/m0/s1. The summed E-state index contributed by atoms with van der Waals surface area (Å²) in [5, 5.41) is 6.25. The van der Waals surface area contributed by atoms with Gasteiger partial charge in [-0.05, 0) is 84.0 Å². The van der Waals surface area contributed by atoms with Gasteiger partial charge in [-0.15, -0.1) is 0 Å². The van der Waals surface area contributed by atoms with E-state index in [1.54, 1.807) is 4.90 Å². The number of carbonyl (C=O) groups excluding carboxylic acids is 1. The SMILES string of the molecule is O=C(OCc1ccccc1)N1CCC[C@H]1c1nc2ccc(-c3ccc4cc(-c5cnc([C@@H]6CCCN6)[nH]5)ccc4c3)cc2c(=O)[nH]1. The number of hydrogen-bond acceptors (Lipinski definition) is 6. The van der Waals surface area contributed by atoms with Crippen LogP contribution in [0.1, 0.15) is 55.0 Å². The molecule has 4 heterocycles. The van der Waals surface area contributed by atoms with E-state index in [1.807, 2.05) is 54.7 Å². The topological polar surface area (TPSA) is 116 Å². The number of benzene rings is 4. The van der Waals surface area contributed by atoms with Gasteiger partial charge < -0.3 is 20.0 Å². The van der Waals surface area contributed by atoms with Crippen LogP contribution in [0.2, 0.25) is 0 Å². The number of aromatic amines is 2. The van der Waals surface area contributed by atoms with Gasteiger partial charge in [-0.25, -0.2) is 14.8 Å². The highest BCUT2D eigenvalue weighted by molar-refractivity contribution is 5.92. The third-order valence-corrected chi connectivity index (χ3v) is 9.20. The van der Waals surface area contributed by atoms with Gasteiger partial charge >= 0.3 is 6.09 Å². The number of H-pyrrole nitrogens is 2. The van der Waals surface area contributed by atoms with Crippen molar-refractivity contribution < 1.29 is 9.53 Å². The first-order valence-corrected chi connectivity index (χ1v) is 15.9. The molecule has 2 atom stereocenters. The van der Waals surface area contributed by atoms with E-state index in [2.05, 4.69) is 56.7 Å². The molecule has 2 aromatic heterocycles. The lowest BCUT2D eigenvalue weighted by Gasteiger charge is -2.23. The second-order valence-corrected chi connectivity index (χ2v) is 12.2. The predicted molar refractivity (Wildman–Crippen MR) is 178 cm³/mol. The molecule has 0 unspecified atom stereocenters. The number of ether oxygens (including phenoxy) is 1. The number of amides is 1. The molecule has 0 bridgehead atoms. The molecular weight excluding hydrogens is 576 g/mol. The Hall–Kier alpha value is -5.28. The van der Waals surface area contributed by atoms with Crippen LogP contribution >= 0.6 is 0 Å². The van der Waals surface area contributed by atoms with Crippen molar-refractivity contribution in [1.29, 1.82) is 0 Å². The zero-order valence-corrected chi connectivity index (χ0v) is 25.3. The predicted octanol–water partition coefficient (Wildman–Crippen LogP) is 7.03. The van der Waals surface area contributed by atoms with E-state index in [0.717, 1.165) is 63.9 Å². The second kappa shape index (κ2) is 11.9. The van der Waals surface area contributed by atoms with Gasteiger partial charge in [0.25, 0.3) is 5.56 Å².